The number of para-hydroxylation sites is 1. The zero-order valence-electron chi connectivity index (χ0n) is 18.5. The van der Waals surface area contributed by atoms with Crippen LogP contribution < -0.4 is 14.4 Å². The highest BCUT2D eigenvalue weighted by molar-refractivity contribution is 7.90. The maximum atomic E-state index is 14.4. The lowest BCUT2D eigenvalue weighted by Gasteiger charge is -2.28. The molecule has 0 saturated carbocycles. The number of nitrogens with zero attached hydrogens (tertiary/aromatic N) is 2. The summed E-state index contributed by atoms with van der Waals surface area (Å²) in [5, 5.41) is 2.91. The van der Waals surface area contributed by atoms with Crippen molar-refractivity contribution < 1.29 is 22.3 Å². The second-order valence-corrected chi connectivity index (χ2v) is 9.84. The van der Waals surface area contributed by atoms with Gasteiger partial charge in [0.1, 0.15) is 18.1 Å². The fourth-order valence-corrected chi connectivity index (χ4v) is 4.17. The Kier molecular flexibility index (Phi) is 8.41. The number of benzene rings is 2. The zero-order valence-corrected chi connectivity index (χ0v) is 19.3. The molecule has 0 aliphatic carbocycles. The van der Waals surface area contributed by atoms with E-state index in [9.17, 15) is 17.6 Å². The standard InChI is InChI=1S/C22H30FN3O4S/c1-16(2)14-20(17-10-12-18(30-5)13-11-17)24-22(27)15-26(31(28,29)25(3)4)21-9-7-6-8-19(21)23/h6-13,16,20H,14-15H2,1-5H3,(H,24,27)/t20-/m0/s1. The van der Waals surface area contributed by atoms with E-state index in [-0.39, 0.29) is 17.6 Å². The van der Waals surface area contributed by atoms with Gasteiger partial charge >= 0.3 is 10.2 Å². The Morgan fingerprint density at radius 1 is 1.10 bits per heavy atom. The first-order valence-electron chi connectivity index (χ1n) is 9.94. The molecule has 2 rings (SSSR count). The summed E-state index contributed by atoms with van der Waals surface area (Å²) in [4.78, 5) is 12.9. The summed E-state index contributed by atoms with van der Waals surface area (Å²) in [7, 11) is 0.148. The Hall–Kier alpha value is -2.65. The predicted molar refractivity (Wildman–Crippen MR) is 120 cm³/mol. The number of carbonyl (C=O) groups excluding carboxylic acids is 1. The van der Waals surface area contributed by atoms with Crippen molar-refractivity contribution in [1.82, 2.24) is 9.62 Å². The molecular formula is C22H30FN3O4S. The Labute approximate surface area is 184 Å². The maximum absolute atomic E-state index is 14.4. The summed E-state index contributed by atoms with van der Waals surface area (Å²) in [6.07, 6.45) is 0.651. The summed E-state index contributed by atoms with van der Waals surface area (Å²) < 4.78 is 46.9. The first-order chi connectivity index (χ1) is 14.6. The highest BCUT2D eigenvalue weighted by Gasteiger charge is 2.30. The molecule has 1 N–H and O–H groups in total. The monoisotopic (exact) mass is 451 g/mol. The largest absolute Gasteiger partial charge is 0.497 e. The van der Waals surface area contributed by atoms with Crippen molar-refractivity contribution in [2.75, 3.05) is 32.1 Å². The van der Waals surface area contributed by atoms with Crippen molar-refractivity contribution in [1.29, 1.82) is 0 Å². The Bertz CT molecular complexity index is 979. The molecule has 0 unspecified atom stereocenters. The first kappa shape index (κ1) is 24.6. The van der Waals surface area contributed by atoms with Crippen molar-refractivity contribution in [3.8, 4) is 5.75 Å². The van der Waals surface area contributed by atoms with Crippen molar-refractivity contribution in [3.05, 3.63) is 59.9 Å². The van der Waals surface area contributed by atoms with Gasteiger partial charge in [0.2, 0.25) is 5.91 Å². The van der Waals surface area contributed by atoms with Crippen molar-refractivity contribution in [2.45, 2.75) is 26.3 Å². The van der Waals surface area contributed by atoms with Crippen LogP contribution >= 0.6 is 0 Å². The van der Waals surface area contributed by atoms with Crippen LogP contribution in [-0.2, 0) is 15.0 Å². The number of rotatable bonds is 10. The van der Waals surface area contributed by atoms with Gasteiger partial charge in [-0.2, -0.15) is 12.7 Å². The minimum Gasteiger partial charge on any atom is -0.497 e. The normalized spacial score (nSPS) is 12.6. The summed E-state index contributed by atoms with van der Waals surface area (Å²) in [5.41, 5.74) is 0.687. The molecule has 9 heteroatoms. The minimum absolute atomic E-state index is 0.184. The average Bonchev–Trinajstić information content (AvgIpc) is 2.71. The highest BCUT2D eigenvalue weighted by atomic mass is 32.2. The maximum Gasteiger partial charge on any atom is 0.304 e. The molecule has 0 aliphatic rings. The molecule has 0 radical (unpaired) electrons. The van der Waals surface area contributed by atoms with Crippen LogP contribution in [0.15, 0.2) is 48.5 Å². The Balaban J connectivity index is 2.31. The average molecular weight is 452 g/mol. The number of hydrogen-bond donors (Lipinski definition) is 1. The molecule has 0 bridgehead atoms. The molecule has 7 nitrogen and oxygen atoms in total. The summed E-state index contributed by atoms with van der Waals surface area (Å²) in [6.45, 7) is 3.52. The molecule has 0 fully saturated rings. The fourth-order valence-electron chi connectivity index (χ4n) is 3.10. The fraction of sp³-hybridized carbons (Fsp3) is 0.409. The minimum atomic E-state index is -4.09. The third-order valence-electron chi connectivity index (χ3n) is 4.71. The SMILES string of the molecule is COc1ccc([C@H](CC(C)C)NC(=O)CN(c2ccccc2F)S(=O)(=O)N(C)C)cc1. The van der Waals surface area contributed by atoms with Crippen LogP contribution in [0.2, 0.25) is 0 Å². The molecule has 1 amide bonds. The molecule has 170 valence electrons. The van der Waals surface area contributed by atoms with E-state index in [0.29, 0.717) is 12.2 Å². The Morgan fingerprint density at radius 3 is 2.23 bits per heavy atom. The second-order valence-electron chi connectivity index (χ2n) is 7.77. The molecule has 0 saturated heterocycles. The second kappa shape index (κ2) is 10.6. The van der Waals surface area contributed by atoms with Gasteiger partial charge in [0.15, 0.2) is 0 Å². The van der Waals surface area contributed by atoms with Crippen molar-refractivity contribution >= 4 is 21.8 Å². The van der Waals surface area contributed by atoms with Gasteiger partial charge in [-0.25, -0.2) is 8.70 Å². The number of anilines is 1. The van der Waals surface area contributed by atoms with Crippen molar-refractivity contribution in [3.63, 3.8) is 0 Å². The zero-order chi connectivity index (χ0) is 23.2. The number of hydrogen-bond acceptors (Lipinski definition) is 4. The molecule has 2 aromatic carbocycles. The number of nitrogens with one attached hydrogen (secondary N) is 1. The molecule has 2 aromatic rings. The number of carbonyl (C=O) groups is 1. The third kappa shape index (κ3) is 6.41. The van der Waals surface area contributed by atoms with Crippen LogP contribution in [-0.4, -0.2) is 46.4 Å². The van der Waals surface area contributed by atoms with E-state index in [1.165, 1.54) is 32.3 Å². The van der Waals surface area contributed by atoms with E-state index in [1.54, 1.807) is 19.2 Å². The van der Waals surface area contributed by atoms with Gasteiger partial charge in [-0.3, -0.25) is 4.79 Å². The van der Waals surface area contributed by atoms with Crippen LogP contribution in [0.3, 0.4) is 0 Å². The van der Waals surface area contributed by atoms with Crippen LogP contribution in [0.4, 0.5) is 10.1 Å². The topological polar surface area (TPSA) is 79.0 Å². The van der Waals surface area contributed by atoms with Crippen LogP contribution in [0.25, 0.3) is 0 Å². The van der Waals surface area contributed by atoms with Crippen LogP contribution in [0, 0.1) is 11.7 Å². The number of ether oxygens (including phenoxy) is 1. The number of amides is 1. The van der Waals surface area contributed by atoms with E-state index in [0.717, 1.165) is 20.2 Å². The summed E-state index contributed by atoms with van der Waals surface area (Å²) in [6, 6.07) is 12.5. The number of methoxy groups -OCH3 is 1. The summed E-state index contributed by atoms with van der Waals surface area (Å²) >= 11 is 0. The van der Waals surface area contributed by atoms with E-state index < -0.39 is 28.5 Å². The van der Waals surface area contributed by atoms with Crippen LogP contribution in [0.5, 0.6) is 5.75 Å². The van der Waals surface area contributed by atoms with Crippen molar-refractivity contribution in [2.24, 2.45) is 5.92 Å². The lowest BCUT2D eigenvalue weighted by molar-refractivity contribution is -0.120. The van der Waals surface area contributed by atoms with Gasteiger partial charge in [-0.15, -0.1) is 0 Å². The van der Waals surface area contributed by atoms with Gasteiger partial charge in [-0.1, -0.05) is 38.1 Å². The third-order valence-corrected chi connectivity index (χ3v) is 6.51. The molecular weight excluding hydrogens is 421 g/mol. The van der Waals surface area contributed by atoms with Gasteiger partial charge in [0.25, 0.3) is 0 Å². The predicted octanol–water partition coefficient (Wildman–Crippen LogP) is 3.35. The van der Waals surface area contributed by atoms with E-state index in [1.807, 2.05) is 26.0 Å². The highest BCUT2D eigenvalue weighted by Crippen LogP contribution is 2.25. The quantitative estimate of drug-likeness (QED) is 0.601. The molecule has 0 spiro atoms. The van der Waals surface area contributed by atoms with Gasteiger partial charge in [0, 0.05) is 14.1 Å². The molecule has 31 heavy (non-hydrogen) atoms. The first-order valence-corrected chi connectivity index (χ1v) is 11.3. The number of halogens is 1. The summed E-state index contributed by atoms with van der Waals surface area (Å²) in [5.74, 6) is -0.286. The van der Waals surface area contributed by atoms with E-state index in [4.69, 9.17) is 4.74 Å². The van der Waals surface area contributed by atoms with Crippen LogP contribution in [0.1, 0.15) is 31.9 Å². The van der Waals surface area contributed by atoms with Gasteiger partial charge < -0.3 is 10.1 Å². The molecule has 0 aliphatic heterocycles. The lowest BCUT2D eigenvalue weighted by Crippen LogP contribution is -2.46. The van der Waals surface area contributed by atoms with E-state index in [2.05, 4.69) is 5.32 Å². The molecule has 0 heterocycles. The molecule has 0 aromatic heterocycles. The van der Waals surface area contributed by atoms with Gasteiger partial charge in [0.05, 0.1) is 18.8 Å². The van der Waals surface area contributed by atoms with E-state index >= 15 is 0 Å². The smallest absolute Gasteiger partial charge is 0.304 e. The Morgan fingerprint density at radius 2 is 1.71 bits per heavy atom. The van der Waals surface area contributed by atoms with Gasteiger partial charge in [-0.05, 0) is 42.2 Å². The lowest BCUT2D eigenvalue weighted by atomic mass is 9.97. The molecule has 1 atom stereocenters.